The molecule has 0 saturated carbocycles. The van der Waals surface area contributed by atoms with Crippen molar-refractivity contribution in [1.29, 1.82) is 0 Å². The van der Waals surface area contributed by atoms with Crippen LogP contribution in [0, 0.1) is 13.8 Å². The molecule has 0 radical (unpaired) electrons. The molecule has 88 valence electrons. The van der Waals surface area contributed by atoms with Crippen molar-refractivity contribution in [3.63, 3.8) is 0 Å². The molecule has 0 aliphatic heterocycles. The summed E-state index contributed by atoms with van der Waals surface area (Å²) in [6.07, 6.45) is 0. The standard InChI is InChI=1S/C14H14O3/c1-8-6-12(16)9(2)14(17)13(8)10-4-3-5-11(15)7-10/h3-7,15-17H,1-2H3. The lowest BCUT2D eigenvalue weighted by Crippen LogP contribution is -1.88. The molecule has 0 unspecified atom stereocenters. The number of rotatable bonds is 1. The van der Waals surface area contributed by atoms with Crippen molar-refractivity contribution < 1.29 is 15.3 Å². The molecular formula is C14H14O3. The zero-order valence-electron chi connectivity index (χ0n) is 9.73. The van der Waals surface area contributed by atoms with Crippen LogP contribution in [0.4, 0.5) is 0 Å². The van der Waals surface area contributed by atoms with Crippen molar-refractivity contribution in [3.05, 3.63) is 41.5 Å². The van der Waals surface area contributed by atoms with Gasteiger partial charge in [-0.1, -0.05) is 12.1 Å². The molecule has 2 aromatic carbocycles. The highest BCUT2D eigenvalue weighted by Gasteiger charge is 2.14. The largest absolute Gasteiger partial charge is 0.508 e. The summed E-state index contributed by atoms with van der Waals surface area (Å²) in [6, 6.07) is 8.28. The lowest BCUT2D eigenvalue weighted by Gasteiger charge is -2.12. The van der Waals surface area contributed by atoms with E-state index in [2.05, 4.69) is 0 Å². The van der Waals surface area contributed by atoms with Crippen molar-refractivity contribution in [2.75, 3.05) is 0 Å². The number of hydrogen-bond acceptors (Lipinski definition) is 3. The Morgan fingerprint density at radius 2 is 1.65 bits per heavy atom. The molecule has 0 amide bonds. The fraction of sp³-hybridized carbons (Fsp3) is 0.143. The van der Waals surface area contributed by atoms with Crippen LogP contribution in [-0.4, -0.2) is 15.3 Å². The average Bonchev–Trinajstić information content (AvgIpc) is 2.26. The van der Waals surface area contributed by atoms with Gasteiger partial charge < -0.3 is 15.3 Å². The van der Waals surface area contributed by atoms with E-state index in [4.69, 9.17) is 0 Å². The Morgan fingerprint density at radius 1 is 0.941 bits per heavy atom. The molecule has 3 heteroatoms. The Bertz CT molecular complexity index is 574. The number of phenolic OH excluding ortho intramolecular Hbond substituents is 3. The quantitative estimate of drug-likeness (QED) is 0.705. The summed E-state index contributed by atoms with van der Waals surface area (Å²) in [5.41, 5.74) is 2.56. The fourth-order valence-corrected chi connectivity index (χ4v) is 1.91. The van der Waals surface area contributed by atoms with Gasteiger partial charge in [0.2, 0.25) is 0 Å². The topological polar surface area (TPSA) is 60.7 Å². The summed E-state index contributed by atoms with van der Waals surface area (Å²) >= 11 is 0. The van der Waals surface area contributed by atoms with E-state index >= 15 is 0 Å². The summed E-state index contributed by atoms with van der Waals surface area (Å²) in [7, 11) is 0. The molecule has 0 aliphatic rings. The van der Waals surface area contributed by atoms with E-state index in [-0.39, 0.29) is 17.2 Å². The average molecular weight is 230 g/mol. The predicted molar refractivity (Wildman–Crippen MR) is 66.3 cm³/mol. The Labute approximate surface area is 99.6 Å². The molecule has 0 heterocycles. The Hall–Kier alpha value is -2.16. The van der Waals surface area contributed by atoms with Gasteiger partial charge in [-0.25, -0.2) is 0 Å². The molecule has 0 bridgehead atoms. The second-order valence-corrected chi connectivity index (χ2v) is 4.11. The third-order valence-electron chi connectivity index (χ3n) is 2.86. The van der Waals surface area contributed by atoms with Crippen LogP contribution in [0.2, 0.25) is 0 Å². The van der Waals surface area contributed by atoms with Crippen molar-refractivity contribution in [2.24, 2.45) is 0 Å². The number of phenols is 3. The first-order chi connectivity index (χ1) is 8.00. The van der Waals surface area contributed by atoms with Crippen LogP contribution in [0.25, 0.3) is 11.1 Å². The highest BCUT2D eigenvalue weighted by Crippen LogP contribution is 2.40. The van der Waals surface area contributed by atoms with Gasteiger partial charge in [0.25, 0.3) is 0 Å². The van der Waals surface area contributed by atoms with Gasteiger partial charge in [-0.15, -0.1) is 0 Å². The van der Waals surface area contributed by atoms with Gasteiger partial charge in [-0.05, 0) is 43.2 Å². The number of aryl methyl sites for hydroxylation is 1. The number of benzene rings is 2. The zero-order valence-corrected chi connectivity index (χ0v) is 9.73. The van der Waals surface area contributed by atoms with Gasteiger partial charge in [0.1, 0.15) is 17.2 Å². The molecule has 0 aromatic heterocycles. The molecule has 17 heavy (non-hydrogen) atoms. The second-order valence-electron chi connectivity index (χ2n) is 4.11. The summed E-state index contributed by atoms with van der Waals surface area (Å²) in [5, 5.41) is 29.1. The monoisotopic (exact) mass is 230 g/mol. The third kappa shape index (κ3) is 1.91. The Balaban J connectivity index is 2.72. The van der Waals surface area contributed by atoms with Crippen LogP contribution in [0.3, 0.4) is 0 Å². The van der Waals surface area contributed by atoms with E-state index in [1.807, 2.05) is 0 Å². The first-order valence-corrected chi connectivity index (χ1v) is 5.32. The van der Waals surface area contributed by atoms with Gasteiger partial charge in [0.05, 0.1) is 0 Å². The molecule has 2 aromatic rings. The van der Waals surface area contributed by atoms with E-state index in [0.29, 0.717) is 11.1 Å². The number of aromatic hydroxyl groups is 3. The van der Waals surface area contributed by atoms with Crippen molar-refractivity contribution in [1.82, 2.24) is 0 Å². The fourth-order valence-electron chi connectivity index (χ4n) is 1.91. The Morgan fingerprint density at radius 3 is 2.29 bits per heavy atom. The van der Waals surface area contributed by atoms with Gasteiger partial charge in [-0.2, -0.15) is 0 Å². The van der Waals surface area contributed by atoms with Crippen LogP contribution in [0.5, 0.6) is 17.2 Å². The lowest BCUT2D eigenvalue weighted by molar-refractivity contribution is 0.444. The minimum Gasteiger partial charge on any atom is -0.508 e. The summed E-state index contributed by atoms with van der Waals surface area (Å²) < 4.78 is 0. The van der Waals surface area contributed by atoms with Gasteiger partial charge in [0.15, 0.2) is 0 Å². The second kappa shape index (κ2) is 4.01. The smallest absolute Gasteiger partial charge is 0.130 e. The summed E-state index contributed by atoms with van der Waals surface area (Å²) in [5.74, 6) is 0.268. The van der Waals surface area contributed by atoms with Gasteiger partial charge in [-0.3, -0.25) is 0 Å². The van der Waals surface area contributed by atoms with Gasteiger partial charge in [0, 0.05) is 11.1 Å². The molecule has 3 N–H and O–H groups in total. The van der Waals surface area contributed by atoms with E-state index in [1.54, 1.807) is 44.2 Å². The molecule has 3 nitrogen and oxygen atoms in total. The molecular weight excluding hydrogens is 216 g/mol. The van der Waals surface area contributed by atoms with Crippen LogP contribution >= 0.6 is 0 Å². The van der Waals surface area contributed by atoms with Crippen LogP contribution in [0.1, 0.15) is 11.1 Å². The SMILES string of the molecule is Cc1cc(O)c(C)c(O)c1-c1cccc(O)c1. The minimum atomic E-state index is 0.0492. The first kappa shape index (κ1) is 11.3. The van der Waals surface area contributed by atoms with Crippen LogP contribution in [-0.2, 0) is 0 Å². The van der Waals surface area contributed by atoms with Crippen molar-refractivity contribution >= 4 is 0 Å². The first-order valence-electron chi connectivity index (χ1n) is 5.32. The van der Waals surface area contributed by atoms with E-state index < -0.39 is 0 Å². The molecule has 0 atom stereocenters. The van der Waals surface area contributed by atoms with Crippen molar-refractivity contribution in [3.8, 4) is 28.4 Å². The molecule has 0 spiro atoms. The van der Waals surface area contributed by atoms with E-state index in [0.717, 1.165) is 11.1 Å². The maximum atomic E-state index is 10.1. The van der Waals surface area contributed by atoms with E-state index in [9.17, 15) is 15.3 Å². The van der Waals surface area contributed by atoms with E-state index in [1.165, 1.54) is 0 Å². The van der Waals surface area contributed by atoms with Crippen molar-refractivity contribution in [2.45, 2.75) is 13.8 Å². The number of hydrogen-bond donors (Lipinski definition) is 3. The maximum absolute atomic E-state index is 10.1. The highest BCUT2D eigenvalue weighted by molar-refractivity contribution is 5.77. The van der Waals surface area contributed by atoms with Crippen LogP contribution < -0.4 is 0 Å². The zero-order chi connectivity index (χ0) is 12.6. The summed E-state index contributed by atoms with van der Waals surface area (Å²) in [4.78, 5) is 0. The molecule has 0 aliphatic carbocycles. The molecule has 2 rings (SSSR count). The minimum absolute atomic E-state index is 0.0492. The molecule has 0 fully saturated rings. The Kier molecular flexibility index (Phi) is 2.68. The normalized spacial score (nSPS) is 10.5. The highest BCUT2D eigenvalue weighted by atomic mass is 16.3. The summed E-state index contributed by atoms with van der Waals surface area (Å²) in [6.45, 7) is 3.45. The predicted octanol–water partition coefficient (Wildman–Crippen LogP) is 3.09. The lowest BCUT2D eigenvalue weighted by atomic mass is 9.96. The van der Waals surface area contributed by atoms with Crippen LogP contribution in [0.15, 0.2) is 30.3 Å². The third-order valence-corrected chi connectivity index (χ3v) is 2.86. The maximum Gasteiger partial charge on any atom is 0.130 e. The molecule has 0 saturated heterocycles. The van der Waals surface area contributed by atoms with Gasteiger partial charge >= 0.3 is 0 Å².